The quantitative estimate of drug-likeness (QED) is 0.822. The van der Waals surface area contributed by atoms with Crippen LogP contribution in [-0.4, -0.2) is 4.98 Å². The van der Waals surface area contributed by atoms with Gasteiger partial charge in [0.15, 0.2) is 0 Å². The van der Waals surface area contributed by atoms with Crippen LogP contribution in [0.4, 0.5) is 0 Å². The summed E-state index contributed by atoms with van der Waals surface area (Å²) in [6.45, 7) is 4.21. The van der Waals surface area contributed by atoms with Gasteiger partial charge in [0.2, 0.25) is 0 Å². The molecule has 1 aromatic heterocycles. The maximum atomic E-state index is 4.55. The molecule has 0 N–H and O–H groups in total. The number of hydrogen-bond donors (Lipinski definition) is 0. The second-order valence-electron chi connectivity index (χ2n) is 3.88. The third-order valence-corrected chi connectivity index (χ3v) is 4.27. The van der Waals surface area contributed by atoms with Crippen LogP contribution in [0, 0.1) is 13.8 Å². The lowest BCUT2D eigenvalue weighted by Crippen LogP contribution is -1.90. The molecule has 0 atom stereocenters. The molecule has 0 saturated heterocycles. The molecule has 0 radical (unpaired) electrons. The molecular formula is C13H14BrNS. The fourth-order valence-corrected chi connectivity index (χ4v) is 2.75. The molecule has 0 aliphatic rings. The average Bonchev–Trinajstić information content (AvgIpc) is 2.58. The van der Waals surface area contributed by atoms with Gasteiger partial charge in [-0.1, -0.05) is 28.1 Å². The van der Waals surface area contributed by atoms with E-state index in [0.717, 1.165) is 17.3 Å². The Kier molecular flexibility index (Phi) is 3.77. The first-order chi connectivity index (χ1) is 7.65. The number of hydrogen-bond acceptors (Lipinski definition) is 2. The lowest BCUT2D eigenvalue weighted by molar-refractivity contribution is 0.935. The van der Waals surface area contributed by atoms with Gasteiger partial charge in [0.05, 0.1) is 10.7 Å². The second-order valence-corrected chi connectivity index (χ2v) is 6.08. The lowest BCUT2D eigenvalue weighted by Gasteiger charge is -1.99. The van der Waals surface area contributed by atoms with Crippen molar-refractivity contribution in [3.63, 3.8) is 0 Å². The summed E-state index contributed by atoms with van der Waals surface area (Å²) < 4.78 is 1.14. The number of halogens is 1. The highest BCUT2D eigenvalue weighted by Gasteiger charge is 2.03. The Morgan fingerprint density at radius 1 is 1.12 bits per heavy atom. The highest BCUT2D eigenvalue weighted by Crippen LogP contribution is 2.19. The molecule has 0 aliphatic carbocycles. The van der Waals surface area contributed by atoms with Crippen LogP contribution in [0.1, 0.15) is 21.1 Å². The number of aryl methyl sites for hydroxylation is 4. The molecule has 0 fully saturated rings. The number of benzene rings is 1. The van der Waals surface area contributed by atoms with Gasteiger partial charge in [-0.25, -0.2) is 4.98 Å². The van der Waals surface area contributed by atoms with Crippen molar-refractivity contribution in [2.45, 2.75) is 26.7 Å². The Hall–Kier alpha value is -0.670. The third-order valence-electron chi connectivity index (χ3n) is 2.61. The summed E-state index contributed by atoms with van der Waals surface area (Å²) in [7, 11) is 0. The van der Waals surface area contributed by atoms with Crippen LogP contribution in [0.15, 0.2) is 28.7 Å². The van der Waals surface area contributed by atoms with Crippen LogP contribution in [0.25, 0.3) is 0 Å². The van der Waals surface area contributed by atoms with Gasteiger partial charge in [-0.2, -0.15) is 0 Å². The van der Waals surface area contributed by atoms with Crippen LogP contribution in [0.3, 0.4) is 0 Å². The molecule has 0 amide bonds. The van der Waals surface area contributed by atoms with E-state index >= 15 is 0 Å². The second kappa shape index (κ2) is 5.11. The number of aromatic nitrogens is 1. The van der Waals surface area contributed by atoms with Crippen LogP contribution >= 0.6 is 27.3 Å². The topological polar surface area (TPSA) is 12.9 Å². The van der Waals surface area contributed by atoms with E-state index in [1.807, 2.05) is 11.3 Å². The normalized spacial score (nSPS) is 10.7. The maximum Gasteiger partial charge on any atom is 0.0934 e. The molecule has 0 bridgehead atoms. The zero-order valence-corrected chi connectivity index (χ0v) is 11.9. The van der Waals surface area contributed by atoms with Crippen molar-refractivity contribution in [2.24, 2.45) is 0 Å². The molecule has 1 heterocycles. The minimum Gasteiger partial charge on any atom is -0.246 e. The Labute approximate surface area is 109 Å². The van der Waals surface area contributed by atoms with E-state index in [4.69, 9.17) is 0 Å². The fraction of sp³-hybridized carbons (Fsp3) is 0.308. The molecule has 0 aliphatic heterocycles. The Morgan fingerprint density at radius 2 is 1.81 bits per heavy atom. The van der Waals surface area contributed by atoms with E-state index in [0.29, 0.717) is 0 Å². The largest absolute Gasteiger partial charge is 0.246 e. The van der Waals surface area contributed by atoms with Crippen molar-refractivity contribution in [3.05, 3.63) is 49.9 Å². The minimum absolute atomic E-state index is 1.04. The molecular weight excluding hydrogens is 282 g/mol. The van der Waals surface area contributed by atoms with E-state index in [9.17, 15) is 0 Å². The van der Waals surface area contributed by atoms with Crippen LogP contribution in [0.2, 0.25) is 0 Å². The van der Waals surface area contributed by atoms with Gasteiger partial charge in [-0.05, 0) is 38.0 Å². The molecule has 1 aromatic carbocycles. The molecule has 2 aromatic rings. The van der Waals surface area contributed by atoms with Crippen LogP contribution in [-0.2, 0) is 12.8 Å². The van der Waals surface area contributed by atoms with Gasteiger partial charge in [0.25, 0.3) is 0 Å². The standard InChI is InChI=1S/C13H14BrNS/c1-9-10(2)16-13(15-9)8-5-11-3-6-12(14)7-4-11/h3-4,6-7H,5,8H2,1-2H3. The van der Waals surface area contributed by atoms with Crippen molar-refractivity contribution in [3.8, 4) is 0 Å². The van der Waals surface area contributed by atoms with E-state index in [-0.39, 0.29) is 0 Å². The molecule has 0 saturated carbocycles. The third kappa shape index (κ3) is 2.92. The van der Waals surface area contributed by atoms with Crippen molar-refractivity contribution in [2.75, 3.05) is 0 Å². The van der Waals surface area contributed by atoms with E-state index < -0.39 is 0 Å². The van der Waals surface area contributed by atoms with Crippen LogP contribution < -0.4 is 0 Å². The van der Waals surface area contributed by atoms with Crippen molar-refractivity contribution >= 4 is 27.3 Å². The average molecular weight is 296 g/mol. The monoisotopic (exact) mass is 295 g/mol. The summed E-state index contributed by atoms with van der Waals surface area (Å²) in [5.41, 5.74) is 2.55. The predicted octanol–water partition coefficient (Wildman–Crippen LogP) is 4.31. The number of thiazole rings is 1. The lowest BCUT2D eigenvalue weighted by atomic mass is 10.1. The Bertz CT molecular complexity index is 454. The summed E-state index contributed by atoms with van der Waals surface area (Å²) in [5, 5.41) is 1.25. The predicted molar refractivity (Wildman–Crippen MR) is 73.1 cm³/mol. The molecule has 3 heteroatoms. The molecule has 16 heavy (non-hydrogen) atoms. The Balaban J connectivity index is 1.99. The molecule has 1 nitrogen and oxygen atoms in total. The first-order valence-corrected chi connectivity index (χ1v) is 6.93. The van der Waals surface area contributed by atoms with Gasteiger partial charge < -0.3 is 0 Å². The molecule has 2 rings (SSSR count). The Morgan fingerprint density at radius 3 is 2.38 bits per heavy atom. The summed E-state index contributed by atoms with van der Waals surface area (Å²) in [6, 6.07) is 8.51. The van der Waals surface area contributed by atoms with E-state index in [2.05, 4.69) is 59.0 Å². The van der Waals surface area contributed by atoms with Gasteiger partial charge in [0, 0.05) is 15.8 Å². The summed E-state index contributed by atoms with van der Waals surface area (Å²) in [4.78, 5) is 5.89. The zero-order chi connectivity index (χ0) is 11.5. The SMILES string of the molecule is Cc1nc(CCc2ccc(Br)cc2)sc1C. The summed E-state index contributed by atoms with van der Waals surface area (Å²) >= 11 is 5.26. The van der Waals surface area contributed by atoms with Gasteiger partial charge in [0.1, 0.15) is 0 Å². The summed E-state index contributed by atoms with van der Waals surface area (Å²) in [6.07, 6.45) is 2.11. The van der Waals surface area contributed by atoms with Gasteiger partial charge >= 0.3 is 0 Å². The van der Waals surface area contributed by atoms with Crippen LogP contribution in [0.5, 0.6) is 0 Å². The first-order valence-electron chi connectivity index (χ1n) is 5.32. The molecule has 0 spiro atoms. The van der Waals surface area contributed by atoms with Gasteiger partial charge in [-0.15, -0.1) is 11.3 Å². The minimum atomic E-state index is 1.04. The first kappa shape index (κ1) is 11.8. The number of rotatable bonds is 3. The smallest absolute Gasteiger partial charge is 0.0934 e. The van der Waals surface area contributed by atoms with Gasteiger partial charge in [-0.3, -0.25) is 0 Å². The highest BCUT2D eigenvalue weighted by molar-refractivity contribution is 9.10. The number of nitrogens with zero attached hydrogens (tertiary/aromatic N) is 1. The fourth-order valence-electron chi connectivity index (χ4n) is 1.55. The van der Waals surface area contributed by atoms with E-state index in [1.54, 1.807) is 0 Å². The summed E-state index contributed by atoms with van der Waals surface area (Å²) in [5.74, 6) is 0. The van der Waals surface area contributed by atoms with Crippen molar-refractivity contribution in [1.29, 1.82) is 0 Å². The highest BCUT2D eigenvalue weighted by atomic mass is 79.9. The van der Waals surface area contributed by atoms with E-state index in [1.165, 1.54) is 21.1 Å². The van der Waals surface area contributed by atoms with Crippen molar-refractivity contribution in [1.82, 2.24) is 4.98 Å². The zero-order valence-electron chi connectivity index (χ0n) is 9.46. The molecule has 0 unspecified atom stereocenters. The van der Waals surface area contributed by atoms with Crippen molar-refractivity contribution < 1.29 is 0 Å². The molecule has 84 valence electrons. The maximum absolute atomic E-state index is 4.55.